The van der Waals surface area contributed by atoms with Crippen LogP contribution in [-0.4, -0.2) is 68.1 Å². The summed E-state index contributed by atoms with van der Waals surface area (Å²) in [7, 11) is 0. The van der Waals surface area contributed by atoms with E-state index in [-0.39, 0.29) is 23.7 Å². The number of aryl methyl sites for hydroxylation is 1. The minimum absolute atomic E-state index is 0.210. The lowest BCUT2D eigenvalue weighted by atomic mass is 10.1. The highest BCUT2D eigenvalue weighted by atomic mass is 35.5. The second kappa shape index (κ2) is 10.9. The number of ether oxygens (including phenoxy) is 1. The molecule has 0 saturated carbocycles. The van der Waals surface area contributed by atoms with Crippen LogP contribution in [0.2, 0.25) is 5.02 Å². The number of benzene rings is 1. The molecule has 4 heterocycles. The number of imidazole rings is 1. The van der Waals surface area contributed by atoms with Crippen molar-refractivity contribution in [2.45, 2.75) is 51.9 Å². The molecule has 2 aromatic heterocycles. The van der Waals surface area contributed by atoms with Crippen LogP contribution in [-0.2, 0) is 22.6 Å². The van der Waals surface area contributed by atoms with E-state index < -0.39 is 6.04 Å². The molecule has 0 radical (unpaired) electrons. The molecule has 1 aromatic carbocycles. The number of anilines is 1. The Bertz CT molecular complexity index is 1310. The number of hydrogen-bond acceptors (Lipinski definition) is 7. The highest BCUT2D eigenvalue weighted by Crippen LogP contribution is 2.28. The molecule has 0 aliphatic carbocycles. The summed E-state index contributed by atoms with van der Waals surface area (Å²) >= 11 is 6.42. The number of nitrogens with one attached hydrogen (secondary N) is 2. The molecule has 1 unspecified atom stereocenters. The Labute approximate surface area is 220 Å². The van der Waals surface area contributed by atoms with Gasteiger partial charge >= 0.3 is 0 Å². The van der Waals surface area contributed by atoms with Gasteiger partial charge in [0.05, 0.1) is 11.2 Å². The highest BCUT2D eigenvalue weighted by Gasteiger charge is 2.33. The first kappa shape index (κ1) is 25.2. The van der Waals surface area contributed by atoms with Crippen molar-refractivity contribution >= 4 is 29.4 Å². The molecule has 2 aliphatic rings. The van der Waals surface area contributed by atoms with E-state index in [4.69, 9.17) is 16.3 Å². The van der Waals surface area contributed by atoms with Gasteiger partial charge in [0.15, 0.2) is 5.82 Å². The Balaban J connectivity index is 1.28. The van der Waals surface area contributed by atoms with Gasteiger partial charge in [0.25, 0.3) is 5.91 Å². The van der Waals surface area contributed by atoms with Crippen molar-refractivity contribution in [3.63, 3.8) is 0 Å². The summed E-state index contributed by atoms with van der Waals surface area (Å²) in [4.78, 5) is 41.2. The largest absolute Gasteiger partial charge is 0.381 e. The van der Waals surface area contributed by atoms with Gasteiger partial charge in [-0.3, -0.25) is 9.59 Å². The van der Waals surface area contributed by atoms with Crippen molar-refractivity contribution in [3.05, 3.63) is 58.6 Å². The number of halogens is 1. The highest BCUT2D eigenvalue weighted by molar-refractivity contribution is 6.32. The third-order valence-corrected chi connectivity index (χ3v) is 7.02. The van der Waals surface area contributed by atoms with Crippen LogP contribution >= 0.6 is 11.6 Å². The van der Waals surface area contributed by atoms with E-state index >= 15 is 0 Å². The Morgan fingerprint density at radius 3 is 2.84 bits per heavy atom. The molecule has 11 heteroatoms. The third-order valence-electron chi connectivity index (χ3n) is 6.75. The molecule has 37 heavy (non-hydrogen) atoms. The van der Waals surface area contributed by atoms with E-state index in [0.29, 0.717) is 55.2 Å². The number of amides is 2. The molecule has 1 saturated heterocycles. The predicted molar refractivity (Wildman–Crippen MR) is 139 cm³/mol. The fourth-order valence-corrected chi connectivity index (χ4v) is 4.82. The Hall–Kier alpha value is -3.50. The van der Waals surface area contributed by atoms with E-state index in [1.807, 2.05) is 31.2 Å². The number of fused-ring (bicyclic) bond motifs is 1. The summed E-state index contributed by atoms with van der Waals surface area (Å²) in [5, 5.41) is 6.62. The SMILES string of the molecule is Cc1cccc(CNC(=O)C(C)N2CCn3cc(-c4nc(NC5CCOCC5)ncc4Cl)nc3C2=O)c1. The Morgan fingerprint density at radius 2 is 2.05 bits per heavy atom. The molecular weight excluding hydrogens is 494 g/mol. The molecule has 2 aliphatic heterocycles. The summed E-state index contributed by atoms with van der Waals surface area (Å²) in [5.41, 5.74) is 3.09. The summed E-state index contributed by atoms with van der Waals surface area (Å²) in [6.45, 7) is 6.46. The lowest BCUT2D eigenvalue weighted by Crippen LogP contribution is -2.51. The van der Waals surface area contributed by atoms with Gasteiger partial charge in [-0.1, -0.05) is 41.4 Å². The predicted octanol–water partition coefficient (Wildman–Crippen LogP) is 3.05. The van der Waals surface area contributed by atoms with Crippen LogP contribution in [0.25, 0.3) is 11.4 Å². The first-order chi connectivity index (χ1) is 17.9. The van der Waals surface area contributed by atoms with Crippen LogP contribution in [0.15, 0.2) is 36.7 Å². The minimum atomic E-state index is -0.635. The fourth-order valence-electron chi connectivity index (χ4n) is 4.63. The van der Waals surface area contributed by atoms with Gasteiger partial charge in [0, 0.05) is 45.1 Å². The number of carbonyl (C=O) groups excluding carboxylic acids is 2. The first-order valence-electron chi connectivity index (χ1n) is 12.5. The first-order valence-corrected chi connectivity index (χ1v) is 12.9. The van der Waals surface area contributed by atoms with E-state index in [2.05, 4.69) is 25.6 Å². The third kappa shape index (κ3) is 5.60. The summed E-state index contributed by atoms with van der Waals surface area (Å²) in [6.07, 6.45) is 5.07. The quantitative estimate of drug-likeness (QED) is 0.489. The van der Waals surface area contributed by atoms with Crippen molar-refractivity contribution < 1.29 is 14.3 Å². The second-order valence-corrected chi connectivity index (χ2v) is 9.85. The molecule has 1 fully saturated rings. The number of nitrogens with zero attached hydrogens (tertiary/aromatic N) is 5. The van der Waals surface area contributed by atoms with Crippen LogP contribution in [0.4, 0.5) is 5.95 Å². The van der Waals surface area contributed by atoms with Crippen LogP contribution in [0.5, 0.6) is 0 Å². The van der Waals surface area contributed by atoms with Gasteiger partial charge in [-0.15, -0.1) is 0 Å². The maximum absolute atomic E-state index is 13.3. The van der Waals surface area contributed by atoms with Gasteiger partial charge in [-0.25, -0.2) is 15.0 Å². The molecule has 2 N–H and O–H groups in total. The second-order valence-electron chi connectivity index (χ2n) is 9.45. The summed E-state index contributed by atoms with van der Waals surface area (Å²) in [6, 6.07) is 7.55. The van der Waals surface area contributed by atoms with E-state index in [1.54, 1.807) is 28.8 Å². The lowest BCUT2D eigenvalue weighted by molar-refractivity contribution is -0.125. The molecule has 3 aromatic rings. The van der Waals surface area contributed by atoms with Crippen molar-refractivity contribution in [2.24, 2.45) is 0 Å². The number of carbonyl (C=O) groups is 2. The van der Waals surface area contributed by atoms with E-state index in [9.17, 15) is 9.59 Å². The van der Waals surface area contributed by atoms with Crippen LogP contribution in [0.3, 0.4) is 0 Å². The minimum Gasteiger partial charge on any atom is -0.381 e. The monoisotopic (exact) mass is 523 g/mol. The van der Waals surface area contributed by atoms with Gasteiger partial charge < -0.3 is 24.8 Å². The molecule has 10 nitrogen and oxygen atoms in total. The fraction of sp³-hybridized carbons (Fsp3) is 0.423. The average Bonchev–Trinajstić information content (AvgIpc) is 3.34. The molecule has 5 rings (SSSR count). The zero-order valence-electron chi connectivity index (χ0n) is 20.9. The number of hydrogen-bond donors (Lipinski definition) is 2. The summed E-state index contributed by atoms with van der Waals surface area (Å²) in [5.74, 6) is 0.205. The van der Waals surface area contributed by atoms with Gasteiger partial charge in [0.2, 0.25) is 11.9 Å². The zero-order valence-corrected chi connectivity index (χ0v) is 21.7. The van der Waals surface area contributed by atoms with Crippen molar-refractivity contribution in [2.75, 3.05) is 25.1 Å². The van der Waals surface area contributed by atoms with Crippen LogP contribution < -0.4 is 10.6 Å². The number of rotatable bonds is 7. The molecule has 0 bridgehead atoms. The van der Waals surface area contributed by atoms with Crippen LogP contribution in [0.1, 0.15) is 41.5 Å². The van der Waals surface area contributed by atoms with Gasteiger partial charge in [-0.2, -0.15) is 0 Å². The van der Waals surface area contributed by atoms with E-state index in [0.717, 1.165) is 24.0 Å². The van der Waals surface area contributed by atoms with E-state index in [1.165, 1.54) is 0 Å². The van der Waals surface area contributed by atoms with Crippen LogP contribution in [0, 0.1) is 6.92 Å². The lowest BCUT2D eigenvalue weighted by Gasteiger charge is -2.31. The number of aromatic nitrogens is 4. The topological polar surface area (TPSA) is 114 Å². The van der Waals surface area contributed by atoms with Crippen molar-refractivity contribution in [1.82, 2.24) is 29.7 Å². The molecular formula is C26H30ClN7O3. The maximum atomic E-state index is 13.3. The van der Waals surface area contributed by atoms with Gasteiger partial charge in [0.1, 0.15) is 17.4 Å². The van der Waals surface area contributed by atoms with Gasteiger partial charge in [-0.05, 0) is 32.3 Å². The Morgan fingerprint density at radius 1 is 1.24 bits per heavy atom. The molecule has 2 amide bonds. The summed E-state index contributed by atoms with van der Waals surface area (Å²) < 4.78 is 7.20. The zero-order chi connectivity index (χ0) is 25.9. The standard InChI is InChI=1S/C26H30ClN7O3/c1-16-4-3-5-18(12-16)13-28-24(35)17(2)34-9-8-33-15-21(31-23(33)25(34)36)22-20(27)14-29-26(32-22)30-19-6-10-37-11-7-19/h3-5,12,14-15,17,19H,6-11,13H2,1-2H3,(H,28,35)(H,29,30,32). The smallest absolute Gasteiger partial charge is 0.290 e. The Kier molecular flexibility index (Phi) is 7.38. The van der Waals surface area contributed by atoms with Crippen molar-refractivity contribution in [1.29, 1.82) is 0 Å². The average molecular weight is 524 g/mol. The van der Waals surface area contributed by atoms with Crippen molar-refractivity contribution in [3.8, 4) is 11.4 Å². The normalized spacial score (nSPS) is 16.8. The molecule has 0 spiro atoms. The molecule has 194 valence electrons. The molecule has 1 atom stereocenters. The maximum Gasteiger partial charge on any atom is 0.290 e.